The largest absolute Gasteiger partial charge is 0.378 e. The lowest BCUT2D eigenvalue weighted by atomic mass is 10.1. The van der Waals surface area contributed by atoms with Crippen molar-refractivity contribution in [2.45, 2.75) is 25.8 Å². The van der Waals surface area contributed by atoms with Crippen LogP contribution in [0.4, 0.5) is 17.6 Å². The van der Waals surface area contributed by atoms with Crippen LogP contribution in [0.2, 0.25) is 0 Å². The lowest BCUT2D eigenvalue weighted by molar-refractivity contribution is 0.122. The molecule has 11 nitrogen and oxygen atoms in total. The summed E-state index contributed by atoms with van der Waals surface area (Å²) in [5.74, 6) is 2.61. The molecular formula is C25H27N9O2S. The van der Waals surface area contributed by atoms with Crippen molar-refractivity contribution in [1.82, 2.24) is 24.9 Å². The Morgan fingerprint density at radius 2 is 1.70 bits per heavy atom. The van der Waals surface area contributed by atoms with Gasteiger partial charge in [-0.15, -0.1) is 11.3 Å². The Bertz CT molecular complexity index is 1410. The lowest BCUT2D eigenvalue weighted by Gasteiger charge is -2.29. The Morgan fingerprint density at radius 3 is 2.38 bits per heavy atom. The summed E-state index contributed by atoms with van der Waals surface area (Å²) in [4.78, 5) is 39.3. The molecule has 0 unspecified atom stereocenters. The highest BCUT2D eigenvalue weighted by Crippen LogP contribution is 2.42. The smallest absolute Gasteiger partial charge is 0.219 e. The fraction of sp³-hybridized carbons (Fsp3) is 0.400. The zero-order valence-electron chi connectivity index (χ0n) is 20.5. The molecule has 0 atom stereocenters. The Hall–Kier alpha value is -3.77. The number of pyridine rings is 1. The van der Waals surface area contributed by atoms with Crippen LogP contribution in [0.1, 0.15) is 18.4 Å². The average Bonchev–Trinajstić information content (AvgIpc) is 3.29. The first-order chi connectivity index (χ1) is 18.1. The van der Waals surface area contributed by atoms with E-state index in [2.05, 4.69) is 44.0 Å². The summed E-state index contributed by atoms with van der Waals surface area (Å²) >= 11 is 1.69. The van der Waals surface area contributed by atoms with E-state index in [1.165, 1.54) is 0 Å². The molecule has 0 aromatic carbocycles. The van der Waals surface area contributed by atoms with Gasteiger partial charge in [0.2, 0.25) is 5.95 Å². The maximum atomic E-state index is 10.8. The van der Waals surface area contributed by atoms with E-state index in [-0.39, 0.29) is 12.0 Å². The van der Waals surface area contributed by atoms with Crippen molar-refractivity contribution < 1.29 is 4.74 Å². The van der Waals surface area contributed by atoms with Gasteiger partial charge >= 0.3 is 0 Å². The molecule has 6 heterocycles. The van der Waals surface area contributed by atoms with Gasteiger partial charge in [-0.25, -0.2) is 24.9 Å². The number of ether oxygens (including phenoxy) is 1. The zero-order chi connectivity index (χ0) is 25.4. The van der Waals surface area contributed by atoms with Crippen molar-refractivity contribution >= 4 is 39.1 Å². The van der Waals surface area contributed by atoms with Crippen LogP contribution in [-0.4, -0.2) is 70.4 Å². The molecule has 4 aromatic rings. The minimum atomic E-state index is -0.0804. The van der Waals surface area contributed by atoms with Crippen LogP contribution in [0.25, 0.3) is 32.0 Å². The molecule has 0 saturated carbocycles. The SMILES string of the molecule is Cc1c(-c2ccc(N3CCC(N=O)CC3)nc2)sc2c(N3CCOCC3)nc(-c3cnc(N)nc3)nc12. The van der Waals surface area contributed by atoms with Crippen LogP contribution in [0.15, 0.2) is 35.9 Å². The van der Waals surface area contributed by atoms with Gasteiger partial charge in [0.1, 0.15) is 5.82 Å². The van der Waals surface area contributed by atoms with Gasteiger partial charge in [0, 0.05) is 55.2 Å². The van der Waals surface area contributed by atoms with E-state index in [1.807, 2.05) is 6.20 Å². The summed E-state index contributed by atoms with van der Waals surface area (Å²) in [7, 11) is 0. The molecule has 4 aromatic heterocycles. The fourth-order valence-electron chi connectivity index (χ4n) is 4.83. The van der Waals surface area contributed by atoms with E-state index >= 15 is 0 Å². The number of hydrogen-bond donors (Lipinski definition) is 1. The van der Waals surface area contributed by atoms with Crippen LogP contribution in [0, 0.1) is 11.8 Å². The summed E-state index contributed by atoms with van der Waals surface area (Å²) in [5, 5.41) is 3.20. The quantitative estimate of drug-likeness (QED) is 0.391. The van der Waals surface area contributed by atoms with E-state index in [1.54, 1.807) is 23.7 Å². The number of aromatic nitrogens is 5. The van der Waals surface area contributed by atoms with Gasteiger partial charge in [-0.2, -0.15) is 4.91 Å². The molecule has 0 radical (unpaired) electrons. The number of nitrogens with zero attached hydrogens (tertiary/aromatic N) is 8. The second-order valence-corrected chi connectivity index (χ2v) is 10.3. The van der Waals surface area contributed by atoms with Gasteiger partial charge < -0.3 is 20.3 Å². The standard InChI is InChI=1S/C25H27N9O2S/c1-15-20-22(37-21(15)16-2-3-19(27-12-16)33-6-4-18(32-35)5-7-33)24(34-8-10-36-11-9-34)31-23(30-20)17-13-28-25(26)29-14-17/h2-3,12-14,18H,4-11H2,1H3,(H2,26,28,29). The number of nitroso groups, excluding NO2 is 1. The van der Waals surface area contributed by atoms with Crippen LogP contribution in [-0.2, 0) is 4.74 Å². The third-order valence-corrected chi connectivity index (χ3v) is 8.26. The first-order valence-electron chi connectivity index (χ1n) is 12.4. The number of aryl methyl sites for hydroxylation is 1. The molecule has 12 heteroatoms. The molecule has 6 rings (SSSR count). The normalized spacial score (nSPS) is 16.9. The third-order valence-electron chi connectivity index (χ3n) is 6.94. The van der Waals surface area contributed by atoms with Crippen molar-refractivity contribution in [3.63, 3.8) is 0 Å². The summed E-state index contributed by atoms with van der Waals surface area (Å²) in [6, 6.07) is 4.09. The number of nitrogen functional groups attached to an aromatic ring is 1. The molecule has 2 aliphatic rings. The second-order valence-electron chi connectivity index (χ2n) is 9.26. The molecule has 190 valence electrons. The van der Waals surface area contributed by atoms with Crippen molar-refractivity contribution in [3.8, 4) is 21.8 Å². The molecule has 37 heavy (non-hydrogen) atoms. The third kappa shape index (κ3) is 4.58. The monoisotopic (exact) mass is 517 g/mol. The maximum absolute atomic E-state index is 10.8. The highest BCUT2D eigenvalue weighted by molar-refractivity contribution is 7.23. The molecular weight excluding hydrogens is 490 g/mol. The number of morpholine rings is 1. The van der Waals surface area contributed by atoms with Gasteiger partial charge in [-0.3, -0.25) is 0 Å². The Balaban J connectivity index is 1.39. The Morgan fingerprint density at radius 1 is 0.973 bits per heavy atom. The Kier molecular flexibility index (Phi) is 6.35. The topological polar surface area (TPSA) is 136 Å². The highest BCUT2D eigenvalue weighted by atomic mass is 32.1. The van der Waals surface area contributed by atoms with E-state index in [4.69, 9.17) is 25.4 Å². The fourth-order valence-corrected chi connectivity index (χ4v) is 6.08. The van der Waals surface area contributed by atoms with Gasteiger partial charge in [0.15, 0.2) is 11.6 Å². The molecule has 2 saturated heterocycles. The molecule has 0 amide bonds. The summed E-state index contributed by atoms with van der Waals surface area (Å²) in [6.45, 7) is 6.54. The summed E-state index contributed by atoms with van der Waals surface area (Å²) < 4.78 is 6.63. The first-order valence-corrected chi connectivity index (χ1v) is 13.2. The lowest BCUT2D eigenvalue weighted by Crippen LogP contribution is -2.36. The molecule has 0 bridgehead atoms. The van der Waals surface area contributed by atoms with Crippen molar-refractivity contribution in [1.29, 1.82) is 0 Å². The first kappa shape index (κ1) is 23.6. The maximum Gasteiger partial charge on any atom is 0.219 e. The van der Waals surface area contributed by atoms with E-state index in [9.17, 15) is 4.91 Å². The number of anilines is 3. The second kappa shape index (κ2) is 9.94. The van der Waals surface area contributed by atoms with Crippen molar-refractivity contribution in [2.24, 2.45) is 5.18 Å². The van der Waals surface area contributed by atoms with Crippen LogP contribution >= 0.6 is 11.3 Å². The van der Waals surface area contributed by atoms with Crippen LogP contribution in [0.3, 0.4) is 0 Å². The zero-order valence-corrected chi connectivity index (χ0v) is 21.3. The predicted molar refractivity (Wildman–Crippen MR) is 145 cm³/mol. The minimum absolute atomic E-state index is 0.0804. The van der Waals surface area contributed by atoms with Gasteiger partial charge in [-0.05, 0) is 37.5 Å². The molecule has 2 aliphatic heterocycles. The number of fused-ring (bicyclic) bond motifs is 1. The van der Waals surface area contributed by atoms with Crippen LogP contribution in [0.5, 0.6) is 0 Å². The highest BCUT2D eigenvalue weighted by Gasteiger charge is 2.24. The van der Waals surface area contributed by atoms with E-state index in [0.29, 0.717) is 19.0 Å². The van der Waals surface area contributed by atoms with E-state index in [0.717, 1.165) is 82.4 Å². The number of thiophene rings is 1. The number of nitrogens with two attached hydrogens (primary N) is 1. The molecule has 2 fully saturated rings. The molecule has 2 N–H and O–H groups in total. The summed E-state index contributed by atoms with van der Waals surface area (Å²) in [6.07, 6.45) is 6.78. The predicted octanol–water partition coefficient (Wildman–Crippen LogP) is 3.67. The Labute approximate surface area is 217 Å². The van der Waals surface area contributed by atoms with E-state index < -0.39 is 0 Å². The van der Waals surface area contributed by atoms with Crippen molar-refractivity contribution in [2.75, 3.05) is 54.9 Å². The number of rotatable bonds is 5. The van der Waals surface area contributed by atoms with Gasteiger partial charge in [-0.1, -0.05) is 5.18 Å². The molecule has 0 aliphatic carbocycles. The number of piperidine rings is 1. The van der Waals surface area contributed by atoms with Gasteiger partial charge in [0.05, 0.1) is 35.0 Å². The average molecular weight is 518 g/mol. The van der Waals surface area contributed by atoms with Gasteiger partial charge in [0.25, 0.3) is 0 Å². The minimum Gasteiger partial charge on any atom is -0.378 e. The van der Waals surface area contributed by atoms with Crippen LogP contribution < -0.4 is 15.5 Å². The number of hydrogen-bond acceptors (Lipinski definition) is 12. The summed E-state index contributed by atoms with van der Waals surface area (Å²) in [5.41, 5.74) is 9.45. The molecule has 0 spiro atoms. The van der Waals surface area contributed by atoms with Crippen molar-refractivity contribution in [3.05, 3.63) is 41.2 Å².